The van der Waals surface area contributed by atoms with Crippen molar-refractivity contribution < 1.29 is 22.4 Å². The highest BCUT2D eigenvalue weighted by molar-refractivity contribution is 8.00. The van der Waals surface area contributed by atoms with Crippen molar-refractivity contribution in [2.45, 2.75) is 23.9 Å². The van der Waals surface area contributed by atoms with Gasteiger partial charge < -0.3 is 19.5 Å². The molecule has 2 aromatic heterocycles. The van der Waals surface area contributed by atoms with Crippen molar-refractivity contribution >= 4 is 29.0 Å². The van der Waals surface area contributed by atoms with Gasteiger partial charge in [-0.15, -0.1) is 0 Å². The zero-order valence-corrected chi connectivity index (χ0v) is 17.8. The van der Waals surface area contributed by atoms with E-state index in [-0.39, 0.29) is 28.3 Å². The number of alkyl halides is 3. The fourth-order valence-electron chi connectivity index (χ4n) is 3.28. The molecule has 6 nitrogen and oxygen atoms in total. The maximum atomic E-state index is 12.5. The van der Waals surface area contributed by atoms with Crippen molar-refractivity contribution in [3.63, 3.8) is 0 Å². The Morgan fingerprint density at radius 3 is 2.69 bits per heavy atom. The number of amides is 1. The molecule has 0 fully saturated rings. The Hall–Kier alpha value is -3.40. The van der Waals surface area contributed by atoms with Crippen LogP contribution < -0.4 is 10.2 Å². The van der Waals surface area contributed by atoms with Gasteiger partial charge in [-0.25, -0.2) is 0 Å². The van der Waals surface area contributed by atoms with Gasteiger partial charge in [0.2, 0.25) is 0 Å². The molecular weight excluding hydrogens is 441 g/mol. The summed E-state index contributed by atoms with van der Waals surface area (Å²) in [5.74, 6) is -0.160. The van der Waals surface area contributed by atoms with Crippen LogP contribution in [0.4, 0.5) is 24.5 Å². The molecule has 10 heteroatoms. The number of halogens is 3. The lowest BCUT2D eigenvalue weighted by atomic mass is 10.2. The summed E-state index contributed by atoms with van der Waals surface area (Å²) in [7, 11) is 0. The first-order valence-electron chi connectivity index (χ1n) is 9.62. The molecule has 1 N–H and O–H groups in total. The summed E-state index contributed by atoms with van der Waals surface area (Å²) >= 11 is -0.131. The number of hydrogen-bond donors (Lipinski definition) is 1. The number of rotatable bonds is 6. The number of allylic oxidation sites excluding steroid dienone is 1. The van der Waals surface area contributed by atoms with Crippen molar-refractivity contribution in [2.75, 3.05) is 16.9 Å². The lowest BCUT2D eigenvalue weighted by Gasteiger charge is -2.24. The molecule has 0 atom stereocenters. The molecule has 1 aromatic carbocycles. The number of thioether (sulfide) groups is 1. The Balaban J connectivity index is 1.43. The molecule has 166 valence electrons. The number of nitrogens with zero attached hydrogens (tertiary/aromatic N) is 3. The second-order valence-electron chi connectivity index (χ2n) is 7.09. The zero-order chi connectivity index (χ0) is 22.7. The van der Waals surface area contributed by atoms with Gasteiger partial charge in [0.25, 0.3) is 5.91 Å². The van der Waals surface area contributed by atoms with E-state index in [1.54, 1.807) is 36.7 Å². The van der Waals surface area contributed by atoms with Crippen LogP contribution in [0, 0.1) is 0 Å². The molecular formula is C22H19F3N4O2S. The number of hydrogen-bond acceptors (Lipinski definition) is 6. The normalized spacial score (nSPS) is 13.9. The summed E-state index contributed by atoms with van der Waals surface area (Å²) in [6.45, 7) is 2.98. The average molecular weight is 460 g/mol. The maximum absolute atomic E-state index is 12.5. The second-order valence-corrected chi connectivity index (χ2v) is 8.22. The zero-order valence-electron chi connectivity index (χ0n) is 17.0. The molecule has 1 amide bonds. The summed E-state index contributed by atoms with van der Waals surface area (Å²) in [6, 6.07) is 11.3. The third-order valence-corrected chi connectivity index (χ3v) is 5.57. The van der Waals surface area contributed by atoms with Gasteiger partial charge in [-0.05, 0) is 66.7 Å². The average Bonchev–Trinajstić information content (AvgIpc) is 3.39. The van der Waals surface area contributed by atoms with Gasteiger partial charge in [0.05, 0.1) is 24.8 Å². The SMILES string of the molecule is CC1=CN(c2ccc(SC(F)(F)F)cc2)CN1Cc1ccncc1NC(=O)c1ccco1. The summed E-state index contributed by atoms with van der Waals surface area (Å²) in [4.78, 5) is 20.6. The van der Waals surface area contributed by atoms with E-state index in [0.717, 1.165) is 16.9 Å². The van der Waals surface area contributed by atoms with E-state index in [0.29, 0.717) is 18.9 Å². The highest BCUT2D eigenvalue weighted by atomic mass is 32.2. The maximum Gasteiger partial charge on any atom is 0.446 e. The van der Waals surface area contributed by atoms with Gasteiger partial charge >= 0.3 is 5.51 Å². The largest absolute Gasteiger partial charge is 0.459 e. The van der Waals surface area contributed by atoms with E-state index in [4.69, 9.17) is 4.42 Å². The van der Waals surface area contributed by atoms with Crippen molar-refractivity contribution in [1.29, 1.82) is 0 Å². The summed E-state index contributed by atoms with van der Waals surface area (Å²) < 4.78 is 42.8. The topological polar surface area (TPSA) is 61.6 Å². The number of furan rings is 1. The molecule has 0 spiro atoms. The second kappa shape index (κ2) is 8.99. The van der Waals surface area contributed by atoms with Crippen LogP contribution in [0.3, 0.4) is 0 Å². The summed E-state index contributed by atoms with van der Waals surface area (Å²) in [6.07, 6.45) is 6.61. The first-order chi connectivity index (χ1) is 15.3. The Morgan fingerprint density at radius 2 is 2.00 bits per heavy atom. The third kappa shape index (κ3) is 5.25. The van der Waals surface area contributed by atoms with E-state index in [9.17, 15) is 18.0 Å². The Bertz CT molecular complexity index is 1110. The van der Waals surface area contributed by atoms with Gasteiger partial charge in [0, 0.05) is 35.2 Å². The minimum atomic E-state index is -4.31. The van der Waals surface area contributed by atoms with E-state index < -0.39 is 5.51 Å². The molecule has 0 saturated heterocycles. The monoisotopic (exact) mass is 460 g/mol. The Morgan fingerprint density at radius 1 is 1.22 bits per heavy atom. The van der Waals surface area contributed by atoms with E-state index >= 15 is 0 Å². The molecule has 0 aliphatic carbocycles. The molecule has 3 aromatic rings. The Kier molecular flexibility index (Phi) is 6.13. The van der Waals surface area contributed by atoms with Crippen LogP contribution in [0.15, 0.2) is 82.3 Å². The van der Waals surface area contributed by atoms with Crippen LogP contribution in [-0.2, 0) is 6.54 Å². The highest BCUT2D eigenvalue weighted by Crippen LogP contribution is 2.37. The van der Waals surface area contributed by atoms with E-state index in [2.05, 4.69) is 15.2 Å². The predicted molar refractivity (Wildman–Crippen MR) is 116 cm³/mol. The van der Waals surface area contributed by atoms with Crippen LogP contribution in [0.5, 0.6) is 0 Å². The van der Waals surface area contributed by atoms with Gasteiger partial charge in [-0.3, -0.25) is 9.78 Å². The molecule has 3 heterocycles. The smallest absolute Gasteiger partial charge is 0.446 e. The first kappa shape index (κ1) is 21.8. The van der Waals surface area contributed by atoms with Crippen molar-refractivity contribution in [3.05, 3.63) is 84.3 Å². The molecule has 0 bridgehead atoms. The predicted octanol–water partition coefficient (Wildman–Crippen LogP) is 5.68. The van der Waals surface area contributed by atoms with Gasteiger partial charge in [-0.1, -0.05) is 0 Å². The van der Waals surface area contributed by atoms with Crippen molar-refractivity contribution in [1.82, 2.24) is 9.88 Å². The van der Waals surface area contributed by atoms with Gasteiger partial charge in [-0.2, -0.15) is 13.2 Å². The van der Waals surface area contributed by atoms with Gasteiger partial charge in [0.15, 0.2) is 5.76 Å². The fraction of sp³-hybridized carbons (Fsp3) is 0.182. The van der Waals surface area contributed by atoms with Gasteiger partial charge in [0.1, 0.15) is 0 Å². The molecule has 1 aliphatic heterocycles. The highest BCUT2D eigenvalue weighted by Gasteiger charge is 2.29. The third-order valence-electron chi connectivity index (χ3n) is 4.83. The number of pyridine rings is 1. The Labute approximate surface area is 186 Å². The van der Waals surface area contributed by atoms with Crippen molar-refractivity contribution in [2.24, 2.45) is 0 Å². The van der Waals surface area contributed by atoms with E-state index in [1.807, 2.05) is 24.1 Å². The molecule has 32 heavy (non-hydrogen) atoms. The molecule has 1 aliphatic rings. The minimum Gasteiger partial charge on any atom is -0.459 e. The molecule has 4 rings (SSSR count). The van der Waals surface area contributed by atoms with Crippen LogP contribution in [0.25, 0.3) is 0 Å². The van der Waals surface area contributed by atoms with Crippen LogP contribution in [0.1, 0.15) is 23.0 Å². The van der Waals surface area contributed by atoms with Crippen LogP contribution in [-0.4, -0.2) is 28.0 Å². The first-order valence-corrected chi connectivity index (χ1v) is 10.4. The van der Waals surface area contributed by atoms with E-state index in [1.165, 1.54) is 18.4 Å². The van der Waals surface area contributed by atoms with Crippen LogP contribution >= 0.6 is 11.8 Å². The number of nitrogens with one attached hydrogen (secondary N) is 1. The summed E-state index contributed by atoms with van der Waals surface area (Å²) in [5, 5.41) is 2.82. The number of carbonyl (C=O) groups excluding carboxylic acids is 1. The lowest BCUT2D eigenvalue weighted by Crippen LogP contribution is -2.26. The lowest BCUT2D eigenvalue weighted by molar-refractivity contribution is -0.0328. The fourth-order valence-corrected chi connectivity index (χ4v) is 3.82. The number of anilines is 2. The summed E-state index contributed by atoms with van der Waals surface area (Å²) in [5.41, 5.74) is -1.09. The molecule has 0 saturated carbocycles. The molecule has 0 radical (unpaired) electrons. The number of carbonyl (C=O) groups is 1. The molecule has 0 unspecified atom stereocenters. The van der Waals surface area contributed by atoms with Crippen molar-refractivity contribution in [3.8, 4) is 0 Å². The quantitative estimate of drug-likeness (QED) is 0.478. The standard InChI is InChI=1S/C22H19F3N4O2S/c1-15-12-29(17-4-6-18(7-5-17)32-22(23,24)25)14-28(15)13-16-8-9-26-11-19(16)27-21(30)20-3-2-10-31-20/h2-12H,13-14H2,1H3,(H,27,30). The number of aromatic nitrogens is 1. The van der Waals surface area contributed by atoms with Crippen LogP contribution in [0.2, 0.25) is 0 Å². The minimum absolute atomic E-state index is 0.131. The number of benzene rings is 1.